The second-order valence-electron chi connectivity index (χ2n) is 5.48. The Kier molecular flexibility index (Phi) is 4.40. The largest absolute Gasteiger partial charge is 0.508 e. The van der Waals surface area contributed by atoms with E-state index in [1.54, 1.807) is 0 Å². The maximum atomic E-state index is 11.3. The number of rotatable bonds is 0. The SMILES string of the molecule is O=C1CCOc2cc(O)cc(O)c21.O=c1ccoc2cc(O)cc(O)c12. The molecule has 134 valence electrons. The fourth-order valence-corrected chi connectivity index (χ4v) is 2.54. The number of ether oxygens (including phenoxy) is 1. The molecule has 0 bridgehead atoms. The summed E-state index contributed by atoms with van der Waals surface area (Å²) in [6.45, 7) is 0.300. The van der Waals surface area contributed by atoms with Crippen LogP contribution in [0.3, 0.4) is 0 Å². The average Bonchev–Trinajstić information content (AvgIpc) is 2.54. The van der Waals surface area contributed by atoms with Gasteiger partial charge in [0.1, 0.15) is 45.3 Å². The number of carbonyl (C=O) groups excluding carboxylic acids is 1. The molecule has 0 amide bonds. The van der Waals surface area contributed by atoms with Crippen molar-refractivity contribution in [2.45, 2.75) is 6.42 Å². The Morgan fingerprint density at radius 3 is 2.35 bits per heavy atom. The molecule has 2 heterocycles. The zero-order valence-electron chi connectivity index (χ0n) is 13.3. The molecule has 4 N–H and O–H groups in total. The van der Waals surface area contributed by atoms with Gasteiger partial charge in [-0.3, -0.25) is 9.59 Å². The lowest BCUT2D eigenvalue weighted by atomic mass is 10.0. The summed E-state index contributed by atoms with van der Waals surface area (Å²) in [5, 5.41) is 36.9. The molecule has 0 saturated heterocycles. The van der Waals surface area contributed by atoms with Crippen molar-refractivity contribution in [2.75, 3.05) is 6.61 Å². The van der Waals surface area contributed by atoms with Crippen LogP contribution in [0.1, 0.15) is 16.8 Å². The minimum atomic E-state index is -0.334. The van der Waals surface area contributed by atoms with Crippen LogP contribution in [0.2, 0.25) is 0 Å². The highest BCUT2D eigenvalue weighted by Gasteiger charge is 2.22. The third-order valence-corrected chi connectivity index (χ3v) is 3.66. The summed E-state index contributed by atoms with van der Waals surface area (Å²) in [5.74, 6) is -0.637. The maximum Gasteiger partial charge on any atom is 0.196 e. The molecule has 4 rings (SSSR count). The molecule has 0 spiro atoms. The molecule has 0 saturated carbocycles. The number of hydrogen-bond acceptors (Lipinski definition) is 8. The van der Waals surface area contributed by atoms with Gasteiger partial charge in [-0.05, 0) is 0 Å². The highest BCUT2D eigenvalue weighted by atomic mass is 16.5. The Labute approximate surface area is 146 Å². The van der Waals surface area contributed by atoms with Crippen LogP contribution in [-0.2, 0) is 0 Å². The van der Waals surface area contributed by atoms with Crippen LogP contribution in [0, 0.1) is 0 Å². The Morgan fingerprint density at radius 1 is 0.885 bits per heavy atom. The van der Waals surface area contributed by atoms with E-state index in [1.165, 1.54) is 24.5 Å². The van der Waals surface area contributed by atoms with E-state index >= 15 is 0 Å². The number of carbonyl (C=O) groups is 1. The van der Waals surface area contributed by atoms with Crippen LogP contribution >= 0.6 is 0 Å². The van der Waals surface area contributed by atoms with E-state index in [2.05, 4.69) is 0 Å². The molecule has 1 aliphatic rings. The standard InChI is InChI=1S/C9H8O4.C9H6O4/c2*10-5-3-7(12)9-6(11)1-2-13-8(9)4-5/h3-4,10,12H,1-2H2;1-4,10,12H. The number of fused-ring (bicyclic) bond motifs is 2. The van der Waals surface area contributed by atoms with Gasteiger partial charge >= 0.3 is 0 Å². The van der Waals surface area contributed by atoms with Crippen LogP contribution in [0.5, 0.6) is 28.7 Å². The molecule has 2 aromatic carbocycles. The summed E-state index contributed by atoms with van der Waals surface area (Å²) >= 11 is 0. The van der Waals surface area contributed by atoms with Gasteiger partial charge in [0.15, 0.2) is 11.2 Å². The zero-order valence-corrected chi connectivity index (χ0v) is 13.3. The van der Waals surface area contributed by atoms with E-state index in [9.17, 15) is 19.8 Å². The lowest BCUT2D eigenvalue weighted by Crippen LogP contribution is -2.15. The van der Waals surface area contributed by atoms with Crippen LogP contribution in [0.4, 0.5) is 0 Å². The molecule has 26 heavy (non-hydrogen) atoms. The van der Waals surface area contributed by atoms with E-state index in [1.807, 2.05) is 0 Å². The lowest BCUT2D eigenvalue weighted by molar-refractivity contribution is 0.0929. The normalized spacial score (nSPS) is 12.7. The summed E-state index contributed by atoms with van der Waals surface area (Å²) in [5.41, 5.74) is 0.00722. The van der Waals surface area contributed by atoms with Gasteiger partial charge in [-0.2, -0.15) is 0 Å². The van der Waals surface area contributed by atoms with Gasteiger partial charge in [0.25, 0.3) is 0 Å². The number of aromatic hydroxyl groups is 4. The first-order valence-electron chi connectivity index (χ1n) is 7.52. The summed E-state index contributed by atoms with van der Waals surface area (Å²) in [6.07, 6.45) is 1.48. The van der Waals surface area contributed by atoms with Crippen LogP contribution in [-0.4, -0.2) is 32.8 Å². The first-order valence-corrected chi connectivity index (χ1v) is 7.52. The van der Waals surface area contributed by atoms with Crippen LogP contribution in [0.15, 0.2) is 45.8 Å². The topological polar surface area (TPSA) is 137 Å². The second-order valence-corrected chi connectivity index (χ2v) is 5.48. The highest BCUT2D eigenvalue weighted by Crippen LogP contribution is 2.35. The summed E-state index contributed by atoms with van der Waals surface area (Å²) < 4.78 is 10.0. The van der Waals surface area contributed by atoms with Crippen LogP contribution < -0.4 is 10.2 Å². The minimum Gasteiger partial charge on any atom is -0.508 e. The quantitative estimate of drug-likeness (QED) is 0.480. The molecular formula is C18H14O8. The van der Waals surface area contributed by atoms with Gasteiger partial charge in [0.05, 0.1) is 12.9 Å². The predicted octanol–water partition coefficient (Wildman–Crippen LogP) is 2.27. The Hall–Kier alpha value is -3.68. The zero-order chi connectivity index (χ0) is 18.8. The highest BCUT2D eigenvalue weighted by molar-refractivity contribution is 6.02. The van der Waals surface area contributed by atoms with Gasteiger partial charge in [0, 0.05) is 36.8 Å². The maximum absolute atomic E-state index is 11.3. The predicted molar refractivity (Wildman–Crippen MR) is 90.0 cm³/mol. The molecular weight excluding hydrogens is 344 g/mol. The number of phenolic OH excluding ortho intramolecular Hbond substituents is 4. The first kappa shape index (κ1) is 17.2. The number of phenols is 4. The lowest BCUT2D eigenvalue weighted by Gasteiger charge is -2.16. The van der Waals surface area contributed by atoms with Crippen molar-refractivity contribution in [3.63, 3.8) is 0 Å². The number of Topliss-reactive ketones (excluding diaryl/α,β-unsaturated/α-hetero) is 1. The van der Waals surface area contributed by atoms with Gasteiger partial charge in [-0.1, -0.05) is 0 Å². The van der Waals surface area contributed by atoms with E-state index in [0.29, 0.717) is 6.61 Å². The summed E-state index contributed by atoms with van der Waals surface area (Å²) in [4.78, 5) is 22.5. The van der Waals surface area contributed by atoms with Crippen molar-refractivity contribution in [2.24, 2.45) is 0 Å². The number of hydrogen-bond donors (Lipinski definition) is 4. The van der Waals surface area contributed by atoms with Crippen molar-refractivity contribution >= 4 is 16.8 Å². The molecule has 0 aliphatic carbocycles. The van der Waals surface area contributed by atoms with Crippen molar-refractivity contribution < 1.29 is 34.4 Å². The Morgan fingerprint density at radius 2 is 1.58 bits per heavy atom. The van der Waals surface area contributed by atoms with E-state index in [0.717, 1.165) is 12.1 Å². The molecule has 0 radical (unpaired) electrons. The van der Waals surface area contributed by atoms with Crippen molar-refractivity contribution in [1.82, 2.24) is 0 Å². The molecule has 3 aromatic rings. The van der Waals surface area contributed by atoms with Crippen molar-refractivity contribution in [1.29, 1.82) is 0 Å². The van der Waals surface area contributed by atoms with Gasteiger partial charge < -0.3 is 29.6 Å². The van der Waals surface area contributed by atoms with Gasteiger partial charge in [-0.15, -0.1) is 0 Å². The van der Waals surface area contributed by atoms with Gasteiger partial charge in [-0.25, -0.2) is 0 Å². The first-order chi connectivity index (χ1) is 12.4. The summed E-state index contributed by atoms with van der Waals surface area (Å²) in [6, 6.07) is 6.03. The average molecular weight is 358 g/mol. The third kappa shape index (κ3) is 3.25. The van der Waals surface area contributed by atoms with E-state index < -0.39 is 0 Å². The Balaban J connectivity index is 0.000000151. The monoisotopic (exact) mass is 358 g/mol. The van der Waals surface area contributed by atoms with Gasteiger partial charge in [0.2, 0.25) is 0 Å². The molecule has 1 aliphatic heterocycles. The Bertz CT molecular complexity index is 1050. The molecule has 8 heteroatoms. The number of benzene rings is 2. The summed E-state index contributed by atoms with van der Waals surface area (Å²) in [7, 11) is 0. The third-order valence-electron chi connectivity index (χ3n) is 3.66. The smallest absolute Gasteiger partial charge is 0.196 e. The van der Waals surface area contributed by atoms with E-state index in [4.69, 9.17) is 19.4 Å². The molecule has 0 fully saturated rings. The molecule has 1 aromatic heterocycles. The fraction of sp³-hybridized carbons (Fsp3) is 0.111. The minimum absolute atomic E-state index is 0.0836. The molecule has 8 nitrogen and oxygen atoms in total. The fourth-order valence-electron chi connectivity index (χ4n) is 2.54. The van der Waals surface area contributed by atoms with Crippen LogP contribution in [0.25, 0.3) is 11.0 Å². The number of ketones is 1. The molecule has 0 atom stereocenters. The van der Waals surface area contributed by atoms with Crippen molar-refractivity contribution in [3.8, 4) is 28.7 Å². The van der Waals surface area contributed by atoms with Crippen molar-refractivity contribution in [3.05, 3.63) is 52.4 Å². The van der Waals surface area contributed by atoms with E-state index in [-0.39, 0.29) is 62.9 Å². The second kappa shape index (κ2) is 6.67. The molecule has 0 unspecified atom stereocenters.